The van der Waals surface area contributed by atoms with E-state index in [1.165, 1.54) is 33.4 Å². The highest BCUT2D eigenvalue weighted by Crippen LogP contribution is 2.40. The number of rotatable bonds is 10. The first-order valence-corrected chi connectivity index (χ1v) is 20.1. The van der Waals surface area contributed by atoms with Gasteiger partial charge in [-0.2, -0.15) is 0 Å². The van der Waals surface area contributed by atoms with Crippen LogP contribution in [0.1, 0.15) is 113 Å². The van der Waals surface area contributed by atoms with Crippen molar-refractivity contribution in [3.8, 4) is 23.0 Å². The van der Waals surface area contributed by atoms with Crippen LogP contribution < -0.4 is 29.6 Å². The molecule has 0 unspecified atom stereocenters. The van der Waals surface area contributed by atoms with Crippen LogP contribution in [0, 0.1) is 10.8 Å². The van der Waals surface area contributed by atoms with Gasteiger partial charge in [0.15, 0.2) is 0 Å². The molecule has 56 heavy (non-hydrogen) atoms. The van der Waals surface area contributed by atoms with Gasteiger partial charge >= 0.3 is 11.9 Å². The maximum atomic E-state index is 12.2. The van der Waals surface area contributed by atoms with Crippen LogP contribution in [0.15, 0.2) is 72.8 Å². The fraction of sp³-hybridized carbons (Fsp3) is 0.458. The number of ether oxygens (including phenoxy) is 4. The number of hydrogen-bond acceptors (Lipinski definition) is 8. The highest BCUT2D eigenvalue weighted by Gasteiger charge is 2.28. The molecule has 0 radical (unpaired) electrons. The summed E-state index contributed by atoms with van der Waals surface area (Å²) in [7, 11) is 3.40. The maximum Gasteiger partial charge on any atom is 0.316 e. The van der Waals surface area contributed by atoms with E-state index >= 15 is 0 Å². The number of hydrogen-bond donors (Lipinski definition) is 2. The molecule has 2 atom stereocenters. The van der Waals surface area contributed by atoms with Gasteiger partial charge in [0.1, 0.15) is 23.0 Å². The third-order valence-electron chi connectivity index (χ3n) is 10.6. The molecule has 0 fully saturated rings. The number of carbonyl (C=O) groups is 2. The number of carbonyl (C=O) groups excluding carboxylic acids is 2. The third kappa shape index (κ3) is 10.7. The van der Waals surface area contributed by atoms with E-state index in [0.29, 0.717) is 23.3 Å². The standard InChI is InChI=1S/2C24H31NO3/c2*1-6-25-22-15-19(27-5)11-12-21(22)18-8-7-17-14-20(10-9-16(17)13-18)28-23(26)24(2,3)4/h2*9-12,14-15,18,25H,6-8,13H2,1-5H3/t2*18-/m10/s1. The molecule has 2 aliphatic carbocycles. The molecule has 6 rings (SSSR count). The smallest absolute Gasteiger partial charge is 0.316 e. The normalized spacial score (nSPS) is 16.2. The number of esters is 2. The molecule has 8 heteroatoms. The van der Waals surface area contributed by atoms with Gasteiger partial charge in [0.05, 0.1) is 25.0 Å². The Balaban J connectivity index is 0.000000214. The van der Waals surface area contributed by atoms with Crippen LogP contribution in [-0.2, 0) is 35.3 Å². The summed E-state index contributed by atoms with van der Waals surface area (Å²) in [5, 5.41) is 6.96. The summed E-state index contributed by atoms with van der Waals surface area (Å²) < 4.78 is 21.9. The van der Waals surface area contributed by atoms with Crippen LogP contribution >= 0.6 is 0 Å². The maximum absolute atomic E-state index is 12.2. The predicted molar refractivity (Wildman–Crippen MR) is 227 cm³/mol. The van der Waals surface area contributed by atoms with Gasteiger partial charge in [-0.3, -0.25) is 9.59 Å². The van der Waals surface area contributed by atoms with E-state index in [2.05, 4.69) is 60.9 Å². The molecule has 2 aliphatic rings. The van der Waals surface area contributed by atoms with Crippen molar-refractivity contribution in [3.63, 3.8) is 0 Å². The molecule has 300 valence electrons. The van der Waals surface area contributed by atoms with Gasteiger partial charge in [-0.15, -0.1) is 0 Å². The van der Waals surface area contributed by atoms with Crippen molar-refractivity contribution < 1.29 is 28.5 Å². The van der Waals surface area contributed by atoms with Gasteiger partial charge in [0.2, 0.25) is 0 Å². The Morgan fingerprint density at radius 1 is 0.554 bits per heavy atom. The zero-order valence-corrected chi connectivity index (χ0v) is 35.2. The Morgan fingerprint density at radius 2 is 0.929 bits per heavy atom. The first kappa shape index (κ1) is 42.2. The number of fused-ring (bicyclic) bond motifs is 2. The predicted octanol–water partition coefficient (Wildman–Crippen LogP) is 10.7. The fourth-order valence-corrected chi connectivity index (χ4v) is 7.36. The summed E-state index contributed by atoms with van der Waals surface area (Å²) in [6, 6.07) is 24.8. The van der Waals surface area contributed by atoms with E-state index in [1.54, 1.807) is 14.2 Å². The van der Waals surface area contributed by atoms with Crippen molar-refractivity contribution in [2.24, 2.45) is 10.8 Å². The number of aryl methyl sites for hydroxylation is 2. The van der Waals surface area contributed by atoms with E-state index in [0.717, 1.165) is 74.5 Å². The molecule has 8 nitrogen and oxygen atoms in total. The minimum absolute atomic E-state index is 0.199. The second kappa shape index (κ2) is 18.3. The molecule has 0 aliphatic heterocycles. The SMILES string of the molecule is CCNc1cc(OC)ccc1[C@@H]1CCc2cc(OC(=O)C(C)(C)C)ccc2C1.CCNc1cc(OC)ccc1[C@H]1CCc2cc(OC(=O)C(C)(C)C)ccc2C1. The largest absolute Gasteiger partial charge is 0.497 e. The topological polar surface area (TPSA) is 95.1 Å². The van der Waals surface area contributed by atoms with Crippen molar-refractivity contribution in [2.75, 3.05) is 37.9 Å². The van der Waals surface area contributed by atoms with E-state index in [-0.39, 0.29) is 11.9 Å². The molecule has 2 N–H and O–H groups in total. The van der Waals surface area contributed by atoms with Gasteiger partial charge < -0.3 is 29.6 Å². The fourth-order valence-electron chi connectivity index (χ4n) is 7.36. The molecule has 4 aromatic rings. The van der Waals surface area contributed by atoms with E-state index in [1.807, 2.05) is 77.9 Å². The van der Waals surface area contributed by atoms with Crippen LogP contribution in [0.3, 0.4) is 0 Å². The Bertz CT molecular complexity index is 1850. The molecule has 0 saturated heterocycles. The highest BCUT2D eigenvalue weighted by atomic mass is 16.5. The molecule has 0 bridgehead atoms. The Hall–Kier alpha value is -4.98. The number of methoxy groups -OCH3 is 2. The summed E-state index contributed by atoms with van der Waals surface area (Å²) in [6.07, 6.45) is 6.11. The molecule has 4 aromatic carbocycles. The second-order valence-corrected chi connectivity index (χ2v) is 17.0. The first-order chi connectivity index (χ1) is 26.6. The minimum Gasteiger partial charge on any atom is -0.497 e. The Morgan fingerprint density at radius 3 is 1.27 bits per heavy atom. The van der Waals surface area contributed by atoms with Crippen LogP contribution in [0.5, 0.6) is 23.0 Å². The summed E-state index contributed by atoms with van der Waals surface area (Å²) in [6.45, 7) is 17.2. The van der Waals surface area contributed by atoms with Gasteiger partial charge in [-0.1, -0.05) is 24.3 Å². The number of anilines is 2. The third-order valence-corrected chi connectivity index (χ3v) is 10.6. The monoisotopic (exact) mass is 762 g/mol. The van der Waals surface area contributed by atoms with Crippen molar-refractivity contribution >= 4 is 23.3 Å². The Labute approximate surface area is 334 Å². The Kier molecular flexibility index (Phi) is 13.8. The van der Waals surface area contributed by atoms with E-state index < -0.39 is 10.8 Å². The van der Waals surface area contributed by atoms with Gasteiger partial charge in [-0.25, -0.2) is 0 Å². The molecule has 0 spiro atoms. The molecular formula is C48H62N2O6. The highest BCUT2D eigenvalue weighted by molar-refractivity contribution is 5.78. The summed E-state index contributed by atoms with van der Waals surface area (Å²) in [4.78, 5) is 24.3. The van der Waals surface area contributed by atoms with Crippen LogP contribution in [0.4, 0.5) is 11.4 Å². The lowest BCUT2D eigenvalue weighted by Crippen LogP contribution is -2.25. The summed E-state index contributed by atoms with van der Waals surface area (Å²) in [5.41, 5.74) is 9.25. The lowest BCUT2D eigenvalue weighted by atomic mass is 9.79. The molecule has 0 amide bonds. The van der Waals surface area contributed by atoms with Gasteiger partial charge in [-0.05, 0) is 176 Å². The quantitative estimate of drug-likeness (QED) is 0.122. The lowest BCUT2D eigenvalue weighted by Gasteiger charge is -2.27. The second-order valence-electron chi connectivity index (χ2n) is 17.0. The van der Waals surface area contributed by atoms with Gasteiger partial charge in [0, 0.05) is 36.6 Å². The van der Waals surface area contributed by atoms with Crippen LogP contribution in [0.2, 0.25) is 0 Å². The molecule has 0 saturated carbocycles. The molecular weight excluding hydrogens is 701 g/mol. The average molecular weight is 763 g/mol. The van der Waals surface area contributed by atoms with Crippen molar-refractivity contribution in [1.29, 1.82) is 0 Å². The number of nitrogens with one attached hydrogen (secondary N) is 2. The zero-order chi connectivity index (χ0) is 40.6. The number of benzene rings is 4. The zero-order valence-electron chi connectivity index (χ0n) is 35.2. The first-order valence-electron chi connectivity index (χ1n) is 20.1. The summed E-state index contributed by atoms with van der Waals surface area (Å²) >= 11 is 0. The summed E-state index contributed by atoms with van der Waals surface area (Å²) in [5.74, 6) is 3.59. The van der Waals surface area contributed by atoms with Crippen LogP contribution in [0.25, 0.3) is 0 Å². The van der Waals surface area contributed by atoms with Gasteiger partial charge in [0.25, 0.3) is 0 Å². The molecule has 0 aromatic heterocycles. The van der Waals surface area contributed by atoms with Crippen LogP contribution in [-0.4, -0.2) is 39.2 Å². The van der Waals surface area contributed by atoms with Crippen molar-refractivity contribution in [1.82, 2.24) is 0 Å². The lowest BCUT2D eigenvalue weighted by molar-refractivity contribution is -0.143. The van der Waals surface area contributed by atoms with Crippen molar-refractivity contribution in [3.05, 3.63) is 106 Å². The minimum atomic E-state index is -0.502. The van der Waals surface area contributed by atoms with E-state index in [9.17, 15) is 9.59 Å². The van der Waals surface area contributed by atoms with Crippen molar-refractivity contribution in [2.45, 2.75) is 106 Å². The van der Waals surface area contributed by atoms with E-state index in [4.69, 9.17) is 18.9 Å². The molecule has 0 heterocycles. The average Bonchev–Trinajstić information content (AvgIpc) is 3.17.